The third-order valence-electron chi connectivity index (χ3n) is 2.75. The first-order valence-electron chi connectivity index (χ1n) is 6.74. The highest BCUT2D eigenvalue weighted by atomic mass is 16.6. The lowest BCUT2D eigenvalue weighted by Gasteiger charge is -2.25. The van der Waals surface area contributed by atoms with Crippen LogP contribution in [0, 0.1) is 11.8 Å². The molecule has 0 saturated heterocycles. The van der Waals surface area contributed by atoms with E-state index in [9.17, 15) is 9.59 Å². The van der Waals surface area contributed by atoms with Gasteiger partial charge in [-0.25, -0.2) is 5.48 Å². The van der Waals surface area contributed by atoms with E-state index in [0.29, 0.717) is 6.61 Å². The Bertz CT molecular complexity index is 296. The fourth-order valence-corrected chi connectivity index (χ4v) is 1.51. The Morgan fingerprint density at radius 1 is 1.21 bits per heavy atom. The van der Waals surface area contributed by atoms with Gasteiger partial charge < -0.3 is 4.74 Å². The van der Waals surface area contributed by atoms with Gasteiger partial charge in [0.15, 0.2) is 0 Å². The van der Waals surface area contributed by atoms with Gasteiger partial charge in [-0.2, -0.15) is 0 Å². The van der Waals surface area contributed by atoms with E-state index in [2.05, 4.69) is 5.48 Å². The largest absolute Gasteiger partial charge is 0.460 e. The molecule has 2 atom stereocenters. The van der Waals surface area contributed by atoms with E-state index in [1.54, 1.807) is 0 Å². The minimum atomic E-state index is -0.445. The highest BCUT2D eigenvalue weighted by Crippen LogP contribution is 2.21. The lowest BCUT2D eigenvalue weighted by Crippen LogP contribution is -2.30. The van der Waals surface area contributed by atoms with Gasteiger partial charge in [-0.05, 0) is 39.5 Å². The first-order valence-corrected chi connectivity index (χ1v) is 6.74. The highest BCUT2D eigenvalue weighted by molar-refractivity contribution is 5.72. The Kier molecular flexibility index (Phi) is 7.68. The molecule has 5 heteroatoms. The van der Waals surface area contributed by atoms with Crippen molar-refractivity contribution in [3.8, 4) is 0 Å². The summed E-state index contributed by atoms with van der Waals surface area (Å²) in [6.45, 7) is 11.3. The number of hydrogen-bond acceptors (Lipinski definition) is 4. The molecule has 0 radical (unpaired) electrons. The molecule has 0 aliphatic carbocycles. The Morgan fingerprint density at radius 3 is 2.26 bits per heavy atom. The second-order valence-corrected chi connectivity index (χ2v) is 5.95. The molecule has 0 bridgehead atoms. The van der Waals surface area contributed by atoms with Gasteiger partial charge in [-0.3, -0.25) is 14.4 Å². The molecule has 1 N–H and O–H groups in total. The van der Waals surface area contributed by atoms with Gasteiger partial charge in [0, 0.05) is 6.92 Å². The molecule has 0 aromatic rings. The summed E-state index contributed by atoms with van der Waals surface area (Å²) < 4.78 is 5.35. The van der Waals surface area contributed by atoms with Gasteiger partial charge in [0.2, 0.25) is 5.91 Å². The summed E-state index contributed by atoms with van der Waals surface area (Å²) in [5.41, 5.74) is 1.83. The summed E-state index contributed by atoms with van der Waals surface area (Å²) in [4.78, 5) is 27.4. The number of esters is 1. The molecule has 1 amide bonds. The Labute approximate surface area is 116 Å². The fraction of sp³-hybridized carbons (Fsp3) is 0.857. The molecule has 5 nitrogen and oxygen atoms in total. The third-order valence-corrected chi connectivity index (χ3v) is 2.75. The molecule has 0 heterocycles. The zero-order valence-electron chi connectivity index (χ0n) is 12.9. The topological polar surface area (TPSA) is 64.6 Å². The number of carbonyl (C=O) groups excluding carboxylic acids is 2. The molecule has 0 aliphatic rings. The second kappa shape index (κ2) is 8.15. The molecular formula is C14H27NO4. The maximum absolute atomic E-state index is 11.9. The second-order valence-electron chi connectivity index (χ2n) is 5.95. The smallest absolute Gasteiger partial charge is 0.309 e. The predicted octanol–water partition coefficient (Wildman–Crippen LogP) is 2.45. The number of hydrogen-bond donors (Lipinski definition) is 1. The summed E-state index contributed by atoms with van der Waals surface area (Å²) in [5, 5.41) is 0. The van der Waals surface area contributed by atoms with Gasteiger partial charge in [0.25, 0.3) is 0 Å². The molecule has 19 heavy (non-hydrogen) atoms. The van der Waals surface area contributed by atoms with Crippen molar-refractivity contribution in [1.29, 1.82) is 0 Å². The van der Waals surface area contributed by atoms with Crippen molar-refractivity contribution < 1.29 is 19.2 Å². The van der Waals surface area contributed by atoms with Crippen LogP contribution in [0.4, 0.5) is 0 Å². The van der Waals surface area contributed by atoms with Crippen molar-refractivity contribution in [3.05, 3.63) is 0 Å². The molecule has 0 aromatic carbocycles. The Hall–Kier alpha value is -1.10. The van der Waals surface area contributed by atoms with Gasteiger partial charge in [-0.15, -0.1) is 0 Å². The quantitative estimate of drug-likeness (QED) is 0.439. The average Bonchev–Trinajstić information content (AvgIpc) is 2.24. The Balaban J connectivity index is 3.90. The van der Waals surface area contributed by atoms with Crippen molar-refractivity contribution in [2.45, 2.75) is 60.0 Å². The van der Waals surface area contributed by atoms with Crippen LogP contribution in [0.15, 0.2) is 0 Å². The predicted molar refractivity (Wildman–Crippen MR) is 73.2 cm³/mol. The number of amides is 1. The first-order chi connectivity index (χ1) is 8.63. The van der Waals surface area contributed by atoms with Crippen LogP contribution in [-0.2, 0) is 19.2 Å². The Morgan fingerprint density at radius 2 is 1.79 bits per heavy atom. The molecule has 0 fully saturated rings. The van der Waals surface area contributed by atoms with Crippen molar-refractivity contribution in [2.24, 2.45) is 11.8 Å². The van der Waals surface area contributed by atoms with E-state index in [-0.39, 0.29) is 23.7 Å². The molecule has 0 rings (SSSR count). The number of nitrogens with one attached hydrogen (secondary N) is 1. The number of hydroxylamine groups is 1. The zero-order valence-corrected chi connectivity index (χ0v) is 12.9. The van der Waals surface area contributed by atoms with Gasteiger partial charge in [0.05, 0.1) is 12.5 Å². The van der Waals surface area contributed by atoms with E-state index in [1.807, 2.05) is 34.6 Å². The summed E-state index contributed by atoms with van der Waals surface area (Å²) in [6, 6.07) is 0. The molecule has 0 aromatic heterocycles. The summed E-state index contributed by atoms with van der Waals surface area (Å²) in [6.07, 6.45) is 1.63. The van der Waals surface area contributed by atoms with Crippen LogP contribution in [0.25, 0.3) is 0 Å². The lowest BCUT2D eigenvalue weighted by molar-refractivity contribution is -0.161. The van der Waals surface area contributed by atoms with E-state index in [0.717, 1.165) is 12.8 Å². The molecule has 0 aliphatic heterocycles. The highest BCUT2D eigenvalue weighted by Gasteiger charge is 2.25. The van der Waals surface area contributed by atoms with Gasteiger partial charge in [-0.1, -0.05) is 13.8 Å². The van der Waals surface area contributed by atoms with Crippen molar-refractivity contribution in [1.82, 2.24) is 5.48 Å². The monoisotopic (exact) mass is 273 g/mol. The van der Waals surface area contributed by atoms with Crippen LogP contribution in [0.1, 0.15) is 54.4 Å². The van der Waals surface area contributed by atoms with E-state index in [4.69, 9.17) is 9.57 Å². The minimum Gasteiger partial charge on any atom is -0.460 e. The van der Waals surface area contributed by atoms with Crippen molar-refractivity contribution in [2.75, 3.05) is 6.61 Å². The molecule has 1 unspecified atom stereocenters. The fourth-order valence-electron chi connectivity index (χ4n) is 1.51. The maximum atomic E-state index is 11.9. The number of ether oxygens (including phenoxy) is 1. The number of rotatable bonds is 7. The van der Waals surface area contributed by atoms with Crippen LogP contribution >= 0.6 is 0 Å². The third kappa shape index (κ3) is 9.47. The molecular weight excluding hydrogens is 246 g/mol. The maximum Gasteiger partial charge on any atom is 0.309 e. The summed E-state index contributed by atoms with van der Waals surface area (Å²) in [5.74, 6) is -0.297. The summed E-state index contributed by atoms with van der Waals surface area (Å²) >= 11 is 0. The van der Waals surface area contributed by atoms with E-state index < -0.39 is 5.60 Å². The normalized spacial score (nSPS) is 14.6. The average molecular weight is 273 g/mol. The van der Waals surface area contributed by atoms with Crippen LogP contribution in [0.3, 0.4) is 0 Å². The molecule has 0 saturated carbocycles. The SMILES string of the molecule is CC(=O)NOCCC[C@@H](C)C(C)C(=O)OC(C)(C)C. The van der Waals surface area contributed by atoms with Crippen LogP contribution in [0.5, 0.6) is 0 Å². The minimum absolute atomic E-state index is 0.139. The van der Waals surface area contributed by atoms with Gasteiger partial charge in [0.1, 0.15) is 5.60 Å². The molecule has 0 spiro atoms. The van der Waals surface area contributed by atoms with Gasteiger partial charge >= 0.3 is 5.97 Å². The van der Waals surface area contributed by atoms with Crippen molar-refractivity contribution >= 4 is 11.9 Å². The first kappa shape index (κ1) is 17.9. The standard InChI is InChI=1S/C14H27NO4/c1-10(8-7-9-18-15-12(3)16)11(2)13(17)19-14(4,5)6/h10-11H,7-9H2,1-6H3,(H,15,16)/t10-,11?/m1/s1. The lowest BCUT2D eigenvalue weighted by atomic mass is 9.91. The number of carbonyl (C=O) groups is 2. The zero-order chi connectivity index (χ0) is 15.1. The van der Waals surface area contributed by atoms with Crippen LogP contribution in [-0.4, -0.2) is 24.1 Å². The van der Waals surface area contributed by atoms with Crippen LogP contribution < -0.4 is 5.48 Å². The van der Waals surface area contributed by atoms with E-state index in [1.165, 1.54) is 6.92 Å². The van der Waals surface area contributed by atoms with Crippen LogP contribution in [0.2, 0.25) is 0 Å². The summed E-state index contributed by atoms with van der Waals surface area (Å²) in [7, 11) is 0. The van der Waals surface area contributed by atoms with Crippen molar-refractivity contribution in [3.63, 3.8) is 0 Å². The molecule has 112 valence electrons. The van der Waals surface area contributed by atoms with E-state index >= 15 is 0 Å².